The van der Waals surface area contributed by atoms with Crippen LogP contribution in [0.15, 0.2) is 28.9 Å². The van der Waals surface area contributed by atoms with Gasteiger partial charge in [-0.3, -0.25) is 9.78 Å². The summed E-state index contributed by atoms with van der Waals surface area (Å²) in [5.74, 6) is 1.56. The van der Waals surface area contributed by atoms with E-state index in [0.29, 0.717) is 31.0 Å². The minimum atomic E-state index is -0.133. The average molecular weight is 344 g/mol. The quantitative estimate of drug-likeness (QED) is 0.830. The van der Waals surface area contributed by atoms with Crippen molar-refractivity contribution in [1.29, 1.82) is 0 Å². The van der Waals surface area contributed by atoms with Crippen LogP contribution in [0, 0.1) is 5.92 Å². The van der Waals surface area contributed by atoms with Gasteiger partial charge in [0.15, 0.2) is 5.82 Å². The van der Waals surface area contributed by atoms with Crippen molar-refractivity contribution < 1.29 is 9.32 Å². The summed E-state index contributed by atoms with van der Waals surface area (Å²) >= 11 is 0. The Bertz CT molecular complexity index is 674. The molecule has 0 saturated carbocycles. The van der Waals surface area contributed by atoms with Gasteiger partial charge < -0.3 is 9.84 Å². The van der Waals surface area contributed by atoms with Crippen LogP contribution in [-0.4, -0.2) is 21.0 Å². The van der Waals surface area contributed by atoms with Crippen molar-refractivity contribution in [2.24, 2.45) is 5.92 Å². The lowest BCUT2D eigenvalue weighted by atomic mass is 9.96. The van der Waals surface area contributed by atoms with E-state index in [9.17, 15) is 4.79 Å². The Morgan fingerprint density at radius 2 is 2.04 bits per heavy atom. The van der Waals surface area contributed by atoms with Crippen molar-refractivity contribution in [3.63, 3.8) is 0 Å². The van der Waals surface area contributed by atoms with E-state index in [1.54, 1.807) is 6.20 Å². The first-order chi connectivity index (χ1) is 11.8. The maximum Gasteiger partial charge on any atom is 0.226 e. The fourth-order valence-electron chi connectivity index (χ4n) is 2.45. The largest absolute Gasteiger partial charge is 0.347 e. The second kappa shape index (κ2) is 8.23. The molecule has 0 spiro atoms. The van der Waals surface area contributed by atoms with Crippen molar-refractivity contribution in [2.45, 2.75) is 65.3 Å². The lowest BCUT2D eigenvalue weighted by Crippen LogP contribution is -2.32. The topological polar surface area (TPSA) is 80.9 Å². The van der Waals surface area contributed by atoms with Gasteiger partial charge in [0.2, 0.25) is 11.8 Å². The van der Waals surface area contributed by atoms with Gasteiger partial charge in [0.05, 0.1) is 11.7 Å². The summed E-state index contributed by atoms with van der Waals surface area (Å²) in [4.78, 5) is 21.0. The van der Waals surface area contributed by atoms with E-state index in [0.717, 1.165) is 5.69 Å². The van der Waals surface area contributed by atoms with Gasteiger partial charge >= 0.3 is 0 Å². The van der Waals surface area contributed by atoms with Crippen LogP contribution in [0.4, 0.5) is 0 Å². The molecule has 1 N–H and O–H groups in total. The number of hydrogen-bond acceptors (Lipinski definition) is 5. The minimum Gasteiger partial charge on any atom is -0.347 e. The summed E-state index contributed by atoms with van der Waals surface area (Å²) < 4.78 is 5.26. The number of nitrogens with one attached hydrogen (secondary N) is 1. The first kappa shape index (κ1) is 19.1. The molecule has 2 rings (SSSR count). The number of aryl methyl sites for hydroxylation is 1. The summed E-state index contributed by atoms with van der Waals surface area (Å²) in [5, 5.41) is 7.08. The monoisotopic (exact) mass is 344 g/mol. The molecule has 0 fully saturated rings. The molecule has 0 aliphatic heterocycles. The van der Waals surface area contributed by atoms with E-state index in [1.807, 2.05) is 39.0 Å². The molecule has 1 amide bonds. The van der Waals surface area contributed by atoms with Gasteiger partial charge in [0, 0.05) is 24.5 Å². The highest BCUT2D eigenvalue weighted by Gasteiger charge is 2.21. The van der Waals surface area contributed by atoms with Gasteiger partial charge in [0.25, 0.3) is 0 Å². The molecule has 0 saturated heterocycles. The van der Waals surface area contributed by atoms with Crippen LogP contribution in [0.25, 0.3) is 0 Å². The molecule has 2 aromatic heterocycles. The van der Waals surface area contributed by atoms with E-state index >= 15 is 0 Å². The zero-order chi connectivity index (χ0) is 18.4. The molecular formula is C19H28N4O2. The fourth-order valence-corrected chi connectivity index (χ4v) is 2.45. The molecule has 0 aliphatic carbocycles. The van der Waals surface area contributed by atoms with E-state index in [-0.39, 0.29) is 23.3 Å². The first-order valence-corrected chi connectivity index (χ1v) is 8.80. The second-order valence-corrected chi connectivity index (χ2v) is 7.66. The van der Waals surface area contributed by atoms with Crippen molar-refractivity contribution in [1.82, 2.24) is 20.4 Å². The highest BCUT2D eigenvalue weighted by molar-refractivity contribution is 5.76. The number of pyridine rings is 1. The van der Waals surface area contributed by atoms with E-state index in [1.165, 1.54) is 0 Å². The minimum absolute atomic E-state index is 0.0138. The highest BCUT2D eigenvalue weighted by Crippen LogP contribution is 2.20. The highest BCUT2D eigenvalue weighted by atomic mass is 16.5. The summed E-state index contributed by atoms with van der Waals surface area (Å²) in [6.07, 6.45) is 3.44. The molecule has 2 heterocycles. The van der Waals surface area contributed by atoms with Crippen LogP contribution in [0.2, 0.25) is 0 Å². The van der Waals surface area contributed by atoms with Gasteiger partial charge in [-0.15, -0.1) is 0 Å². The molecule has 0 bridgehead atoms. The number of carbonyl (C=O) groups excluding carboxylic acids is 1. The molecule has 2 aromatic rings. The molecule has 0 aliphatic rings. The van der Waals surface area contributed by atoms with E-state index < -0.39 is 0 Å². The van der Waals surface area contributed by atoms with E-state index in [2.05, 4.69) is 34.3 Å². The number of amides is 1. The number of hydrogen-bond donors (Lipinski definition) is 1. The van der Waals surface area contributed by atoms with Crippen molar-refractivity contribution in [3.8, 4) is 0 Å². The first-order valence-electron chi connectivity index (χ1n) is 8.80. The zero-order valence-electron chi connectivity index (χ0n) is 15.7. The van der Waals surface area contributed by atoms with Gasteiger partial charge in [-0.2, -0.15) is 4.98 Å². The maximum atomic E-state index is 12.3. The lowest BCUT2D eigenvalue weighted by Gasteiger charge is -2.21. The van der Waals surface area contributed by atoms with Gasteiger partial charge in [-0.1, -0.05) is 45.8 Å². The third-order valence-electron chi connectivity index (χ3n) is 3.92. The van der Waals surface area contributed by atoms with Crippen molar-refractivity contribution >= 4 is 5.91 Å². The van der Waals surface area contributed by atoms with Gasteiger partial charge in [0.1, 0.15) is 0 Å². The molecule has 25 heavy (non-hydrogen) atoms. The van der Waals surface area contributed by atoms with Crippen LogP contribution in [0.5, 0.6) is 0 Å². The molecule has 0 radical (unpaired) electrons. The van der Waals surface area contributed by atoms with E-state index in [4.69, 9.17) is 4.52 Å². The number of aromatic nitrogens is 3. The number of nitrogens with zero attached hydrogens (tertiary/aromatic N) is 3. The standard InChI is InChI=1S/C19H28N4O2/c1-13(2)17(14-9-6-7-12-20-14)21-15(24)10-8-11-16-22-18(23-25-16)19(3,4)5/h6-7,9,12-13,17H,8,10-11H2,1-5H3,(H,21,24)/t17-/m0/s1. The van der Waals surface area contributed by atoms with Crippen molar-refractivity contribution in [3.05, 3.63) is 41.8 Å². The molecule has 0 aromatic carbocycles. The SMILES string of the molecule is CC(C)[C@H](NC(=O)CCCc1nc(C(C)(C)C)no1)c1ccccn1. The Kier molecular flexibility index (Phi) is 6.28. The summed E-state index contributed by atoms with van der Waals surface area (Å²) in [6.45, 7) is 10.3. The molecule has 0 unspecified atom stereocenters. The Labute approximate surface area is 149 Å². The Morgan fingerprint density at radius 1 is 1.28 bits per heavy atom. The smallest absolute Gasteiger partial charge is 0.226 e. The van der Waals surface area contributed by atoms with Crippen LogP contribution in [0.3, 0.4) is 0 Å². The third-order valence-corrected chi connectivity index (χ3v) is 3.92. The predicted octanol–water partition coefficient (Wildman–Crippen LogP) is 3.60. The normalized spacial score (nSPS) is 13.0. The van der Waals surface area contributed by atoms with Gasteiger partial charge in [-0.05, 0) is 24.5 Å². The van der Waals surface area contributed by atoms with Crippen LogP contribution in [-0.2, 0) is 16.6 Å². The molecular weight excluding hydrogens is 316 g/mol. The number of rotatable bonds is 7. The average Bonchev–Trinajstić information content (AvgIpc) is 3.02. The fraction of sp³-hybridized carbons (Fsp3) is 0.579. The van der Waals surface area contributed by atoms with Crippen LogP contribution >= 0.6 is 0 Å². The summed E-state index contributed by atoms with van der Waals surface area (Å²) in [7, 11) is 0. The van der Waals surface area contributed by atoms with Crippen molar-refractivity contribution in [2.75, 3.05) is 0 Å². The molecule has 6 heteroatoms. The Balaban J connectivity index is 1.84. The van der Waals surface area contributed by atoms with Crippen LogP contribution < -0.4 is 5.32 Å². The Morgan fingerprint density at radius 3 is 2.60 bits per heavy atom. The maximum absolute atomic E-state index is 12.3. The summed E-state index contributed by atoms with van der Waals surface area (Å²) in [6, 6.07) is 5.67. The Hall–Kier alpha value is -2.24. The molecule has 6 nitrogen and oxygen atoms in total. The number of carbonyl (C=O) groups is 1. The molecule has 136 valence electrons. The lowest BCUT2D eigenvalue weighted by molar-refractivity contribution is -0.122. The van der Waals surface area contributed by atoms with Crippen LogP contribution in [0.1, 0.15) is 70.9 Å². The summed E-state index contributed by atoms with van der Waals surface area (Å²) in [5.41, 5.74) is 0.754. The molecule has 1 atom stereocenters. The zero-order valence-corrected chi connectivity index (χ0v) is 15.7. The second-order valence-electron chi connectivity index (χ2n) is 7.66. The third kappa shape index (κ3) is 5.66. The predicted molar refractivity (Wildman–Crippen MR) is 95.9 cm³/mol. The van der Waals surface area contributed by atoms with Gasteiger partial charge in [-0.25, -0.2) is 0 Å².